The predicted molar refractivity (Wildman–Crippen MR) is 57.3 cm³/mol. The number of rotatable bonds is 3. The van der Waals surface area contributed by atoms with E-state index in [1.54, 1.807) is 12.1 Å². The maximum atomic E-state index is 10.5. The first kappa shape index (κ1) is 14.4. The van der Waals surface area contributed by atoms with Gasteiger partial charge in [0.15, 0.2) is 0 Å². The van der Waals surface area contributed by atoms with Crippen LogP contribution in [-0.2, 0) is 0 Å². The van der Waals surface area contributed by atoms with E-state index in [9.17, 15) is 9.90 Å². The maximum Gasteiger partial charge on any atom is 1.00 e. The molecule has 0 aliphatic rings. The Kier molecular flexibility index (Phi) is 5.87. The van der Waals surface area contributed by atoms with Crippen LogP contribution < -0.4 is 61.2 Å². The number of carbonyl (C=O) groups excluding carboxylic acids is 1. The third kappa shape index (κ3) is 4.26. The SMILES string of the molecule is O=C([O-])c1ccc(Oc2ccccc2)cc1.[K+]. The van der Waals surface area contributed by atoms with Gasteiger partial charge in [-0.15, -0.1) is 0 Å². The van der Waals surface area contributed by atoms with Crippen LogP contribution in [0, 0.1) is 0 Å². The van der Waals surface area contributed by atoms with Gasteiger partial charge in [0.05, 0.1) is 5.97 Å². The van der Waals surface area contributed by atoms with Crippen LogP contribution in [0.3, 0.4) is 0 Å². The molecule has 0 aliphatic carbocycles. The van der Waals surface area contributed by atoms with Crippen molar-refractivity contribution in [2.24, 2.45) is 0 Å². The number of ether oxygens (including phenoxy) is 1. The van der Waals surface area contributed by atoms with Crippen LogP contribution in [0.4, 0.5) is 0 Å². The maximum absolute atomic E-state index is 10.5. The normalized spacial score (nSPS) is 9.18. The van der Waals surface area contributed by atoms with Gasteiger partial charge in [0, 0.05) is 0 Å². The first-order valence-electron chi connectivity index (χ1n) is 4.80. The van der Waals surface area contributed by atoms with Crippen molar-refractivity contribution >= 4 is 5.97 Å². The number of carbonyl (C=O) groups is 1. The molecule has 0 N–H and O–H groups in total. The van der Waals surface area contributed by atoms with E-state index in [2.05, 4.69) is 0 Å². The average Bonchev–Trinajstić information content (AvgIpc) is 2.31. The van der Waals surface area contributed by atoms with E-state index in [1.807, 2.05) is 30.3 Å². The van der Waals surface area contributed by atoms with E-state index in [0.717, 1.165) is 0 Å². The van der Waals surface area contributed by atoms with E-state index >= 15 is 0 Å². The molecule has 3 nitrogen and oxygen atoms in total. The van der Waals surface area contributed by atoms with Gasteiger partial charge in [-0.05, 0) is 42.0 Å². The van der Waals surface area contributed by atoms with Crippen LogP contribution in [0.5, 0.6) is 11.5 Å². The summed E-state index contributed by atoms with van der Waals surface area (Å²) in [5, 5.41) is 10.5. The monoisotopic (exact) mass is 252 g/mol. The number of carboxylic acid groups (broad SMARTS) is 1. The van der Waals surface area contributed by atoms with E-state index in [4.69, 9.17) is 4.74 Å². The summed E-state index contributed by atoms with van der Waals surface area (Å²) in [6, 6.07) is 15.4. The van der Waals surface area contributed by atoms with Gasteiger partial charge in [0.2, 0.25) is 0 Å². The van der Waals surface area contributed by atoms with Gasteiger partial charge < -0.3 is 14.6 Å². The van der Waals surface area contributed by atoms with Crippen LogP contribution in [0.25, 0.3) is 0 Å². The first-order valence-corrected chi connectivity index (χ1v) is 4.80. The minimum Gasteiger partial charge on any atom is -0.545 e. The minimum atomic E-state index is -1.19. The van der Waals surface area contributed by atoms with Crippen molar-refractivity contribution in [2.45, 2.75) is 0 Å². The summed E-state index contributed by atoms with van der Waals surface area (Å²) >= 11 is 0. The Labute approximate surface area is 142 Å². The van der Waals surface area contributed by atoms with Gasteiger partial charge in [-0.2, -0.15) is 0 Å². The zero-order valence-electron chi connectivity index (χ0n) is 9.42. The summed E-state index contributed by atoms with van der Waals surface area (Å²) in [6.07, 6.45) is 0. The Balaban J connectivity index is 0.00000144. The Morgan fingerprint density at radius 1 is 0.882 bits per heavy atom. The molecule has 0 heterocycles. The quantitative estimate of drug-likeness (QED) is 0.648. The zero-order chi connectivity index (χ0) is 11.4. The predicted octanol–water partition coefficient (Wildman–Crippen LogP) is -1.15. The van der Waals surface area contributed by atoms with Crippen molar-refractivity contribution in [3.63, 3.8) is 0 Å². The molecule has 0 saturated carbocycles. The number of aromatic carboxylic acids is 1. The van der Waals surface area contributed by atoms with Crippen LogP contribution in [-0.4, -0.2) is 5.97 Å². The zero-order valence-corrected chi connectivity index (χ0v) is 12.5. The molecule has 2 aromatic rings. The molecule has 0 unspecified atom stereocenters. The summed E-state index contributed by atoms with van der Waals surface area (Å²) in [5.41, 5.74) is 0.139. The number of hydrogen-bond donors (Lipinski definition) is 0. The van der Waals surface area contributed by atoms with Gasteiger partial charge in [-0.3, -0.25) is 0 Å². The Morgan fingerprint density at radius 2 is 1.41 bits per heavy atom. The van der Waals surface area contributed by atoms with Crippen molar-refractivity contribution in [1.29, 1.82) is 0 Å². The minimum absolute atomic E-state index is 0. The molecule has 2 rings (SSSR count). The molecule has 0 spiro atoms. The molecular weight excluding hydrogens is 243 g/mol. The fourth-order valence-electron chi connectivity index (χ4n) is 1.28. The van der Waals surface area contributed by atoms with Gasteiger partial charge in [0.25, 0.3) is 0 Å². The van der Waals surface area contributed by atoms with Crippen molar-refractivity contribution in [1.82, 2.24) is 0 Å². The summed E-state index contributed by atoms with van der Waals surface area (Å²) < 4.78 is 5.50. The Hall–Kier alpha value is -0.654. The van der Waals surface area contributed by atoms with E-state index in [0.29, 0.717) is 11.5 Å². The molecule has 0 fully saturated rings. The number of para-hydroxylation sites is 1. The van der Waals surface area contributed by atoms with Crippen molar-refractivity contribution in [2.75, 3.05) is 0 Å². The van der Waals surface area contributed by atoms with Gasteiger partial charge in [-0.25, -0.2) is 0 Å². The van der Waals surface area contributed by atoms with Crippen LogP contribution in [0.1, 0.15) is 10.4 Å². The molecule has 0 amide bonds. The topological polar surface area (TPSA) is 49.4 Å². The number of carboxylic acids is 1. The number of benzene rings is 2. The van der Waals surface area contributed by atoms with E-state index < -0.39 is 5.97 Å². The second kappa shape index (κ2) is 6.93. The van der Waals surface area contributed by atoms with Crippen molar-refractivity contribution < 1.29 is 66.0 Å². The number of hydrogen-bond acceptors (Lipinski definition) is 3. The third-order valence-corrected chi connectivity index (χ3v) is 2.07. The van der Waals surface area contributed by atoms with Gasteiger partial charge >= 0.3 is 51.4 Å². The average molecular weight is 252 g/mol. The molecule has 2 aromatic carbocycles. The van der Waals surface area contributed by atoms with Crippen molar-refractivity contribution in [3.05, 3.63) is 60.2 Å². The summed E-state index contributed by atoms with van der Waals surface area (Å²) in [5.74, 6) is 0.117. The summed E-state index contributed by atoms with van der Waals surface area (Å²) in [4.78, 5) is 10.5. The van der Waals surface area contributed by atoms with Crippen LogP contribution >= 0.6 is 0 Å². The molecular formula is C13H9KO3. The fourth-order valence-corrected chi connectivity index (χ4v) is 1.28. The smallest absolute Gasteiger partial charge is 0.545 e. The molecule has 0 saturated heterocycles. The largest absolute Gasteiger partial charge is 1.00 e. The molecule has 0 atom stereocenters. The molecule has 4 heteroatoms. The van der Waals surface area contributed by atoms with Crippen molar-refractivity contribution in [3.8, 4) is 11.5 Å². The van der Waals surface area contributed by atoms with Crippen LogP contribution in [0.15, 0.2) is 54.6 Å². The third-order valence-electron chi connectivity index (χ3n) is 2.07. The fraction of sp³-hybridized carbons (Fsp3) is 0. The van der Waals surface area contributed by atoms with Gasteiger partial charge in [0.1, 0.15) is 11.5 Å². The first-order chi connectivity index (χ1) is 7.75. The molecule has 0 aliphatic heterocycles. The molecule has 0 radical (unpaired) electrons. The van der Waals surface area contributed by atoms with E-state index in [1.165, 1.54) is 12.1 Å². The molecule has 0 aromatic heterocycles. The van der Waals surface area contributed by atoms with E-state index in [-0.39, 0.29) is 56.9 Å². The van der Waals surface area contributed by atoms with Crippen LogP contribution in [0.2, 0.25) is 0 Å². The Morgan fingerprint density at radius 3 is 1.94 bits per heavy atom. The molecule has 17 heavy (non-hydrogen) atoms. The molecule has 0 bridgehead atoms. The summed E-state index contributed by atoms with van der Waals surface area (Å²) in [6.45, 7) is 0. The molecule has 80 valence electrons. The Bertz CT molecular complexity index is 480. The standard InChI is InChI=1S/C13H10O3.K/c14-13(15)10-6-8-12(9-7-10)16-11-4-2-1-3-5-11;/h1-9H,(H,14,15);/q;+1/p-1. The second-order valence-electron chi connectivity index (χ2n) is 3.23. The second-order valence-corrected chi connectivity index (χ2v) is 3.23. The van der Waals surface area contributed by atoms with Gasteiger partial charge in [-0.1, -0.05) is 18.2 Å². The summed E-state index contributed by atoms with van der Waals surface area (Å²) in [7, 11) is 0.